The molecule has 0 radical (unpaired) electrons. The molecule has 8 heteroatoms. The van der Waals surface area contributed by atoms with Crippen LogP contribution in [0.25, 0.3) is 0 Å². The second kappa shape index (κ2) is 9.97. The molecule has 2 aromatic rings. The predicted octanol–water partition coefficient (Wildman–Crippen LogP) is 7.38. The average molecular weight is 441 g/mol. The molecule has 32 heavy (non-hydrogen) atoms. The summed E-state index contributed by atoms with van der Waals surface area (Å²) in [4.78, 5) is 42.7. The van der Waals surface area contributed by atoms with Crippen LogP contribution < -0.4 is 0 Å². The standard InChI is InChI=1S/2C12H16N2O2/c1-11(2,13-15)9-5-7-10(8-6-9)12(3,4)14-16;1-11(2,13-15)9-6-5-7-10(8-9)12(3,4)14-16/h2*5-8H,1-4H3. The molecule has 0 aliphatic heterocycles. The molecule has 0 heterocycles. The molecule has 0 aliphatic carbocycles. The topological polar surface area (TPSA) is 118 Å². The van der Waals surface area contributed by atoms with E-state index in [0.717, 1.165) is 22.3 Å². The Morgan fingerprint density at radius 3 is 0.938 bits per heavy atom. The third-order valence-electron chi connectivity index (χ3n) is 5.49. The third kappa shape index (κ3) is 6.42. The zero-order chi connectivity index (χ0) is 24.8. The molecule has 0 aliphatic rings. The van der Waals surface area contributed by atoms with Crippen LogP contribution in [0.1, 0.15) is 77.6 Å². The number of nitroso groups, excluding NO2 is 4. The molecule has 0 fully saturated rings. The zero-order valence-corrected chi connectivity index (χ0v) is 20.0. The summed E-state index contributed by atoms with van der Waals surface area (Å²) < 4.78 is 0. The molecule has 0 spiro atoms. The molecule has 8 nitrogen and oxygen atoms in total. The summed E-state index contributed by atoms with van der Waals surface area (Å²) in [5.41, 5.74) is 0.188. The van der Waals surface area contributed by atoms with Gasteiger partial charge < -0.3 is 0 Å². The van der Waals surface area contributed by atoms with E-state index in [9.17, 15) is 19.6 Å². The van der Waals surface area contributed by atoms with Gasteiger partial charge in [-0.2, -0.15) is 0 Å². The van der Waals surface area contributed by atoms with Crippen molar-refractivity contribution in [1.29, 1.82) is 0 Å². The Labute approximate surface area is 189 Å². The Balaban J connectivity index is 0.000000320. The van der Waals surface area contributed by atoms with Gasteiger partial charge in [-0.05, 0) is 77.6 Å². The van der Waals surface area contributed by atoms with E-state index in [1.54, 1.807) is 55.4 Å². The lowest BCUT2D eigenvalue weighted by molar-refractivity contribution is 0.532. The van der Waals surface area contributed by atoms with Crippen LogP contribution >= 0.6 is 0 Å². The van der Waals surface area contributed by atoms with Crippen LogP contribution in [-0.2, 0) is 22.2 Å². The van der Waals surface area contributed by atoms with Crippen LogP contribution in [0, 0.1) is 19.6 Å². The quantitative estimate of drug-likeness (QED) is 0.398. The van der Waals surface area contributed by atoms with E-state index in [2.05, 4.69) is 20.7 Å². The first-order valence-corrected chi connectivity index (χ1v) is 10.3. The Morgan fingerprint density at radius 2 is 0.688 bits per heavy atom. The molecule has 0 saturated heterocycles. The van der Waals surface area contributed by atoms with E-state index in [-0.39, 0.29) is 0 Å². The van der Waals surface area contributed by atoms with Gasteiger partial charge in [-0.1, -0.05) is 69.2 Å². The molecule has 0 bridgehead atoms. The molecule has 0 atom stereocenters. The van der Waals surface area contributed by atoms with Crippen LogP contribution in [-0.4, -0.2) is 0 Å². The fourth-order valence-corrected chi connectivity index (χ4v) is 2.78. The first-order chi connectivity index (χ1) is 14.7. The summed E-state index contributed by atoms with van der Waals surface area (Å²) in [5.74, 6) is 0. The SMILES string of the molecule is CC(C)(N=O)c1ccc(C(C)(C)N=O)cc1.CC(C)(N=O)c1cccc(C(C)(C)N=O)c1. The zero-order valence-electron chi connectivity index (χ0n) is 20.0. The molecule has 0 amide bonds. The van der Waals surface area contributed by atoms with Gasteiger partial charge in [-0.3, -0.25) is 0 Å². The lowest BCUT2D eigenvalue weighted by atomic mass is 9.88. The minimum absolute atomic E-state index is 0.739. The lowest BCUT2D eigenvalue weighted by Gasteiger charge is -2.20. The molecule has 0 N–H and O–H groups in total. The summed E-state index contributed by atoms with van der Waals surface area (Å²) in [7, 11) is 0. The maximum atomic E-state index is 10.7. The summed E-state index contributed by atoms with van der Waals surface area (Å²) in [6, 6.07) is 14.5. The molecule has 0 saturated carbocycles. The van der Waals surface area contributed by atoms with Gasteiger partial charge in [-0.15, -0.1) is 19.6 Å². The van der Waals surface area contributed by atoms with Crippen molar-refractivity contribution in [1.82, 2.24) is 0 Å². The number of rotatable bonds is 8. The molecule has 172 valence electrons. The third-order valence-corrected chi connectivity index (χ3v) is 5.49. The van der Waals surface area contributed by atoms with Crippen molar-refractivity contribution in [2.45, 2.75) is 77.5 Å². The highest BCUT2D eigenvalue weighted by molar-refractivity contribution is 5.33. The Kier molecular flexibility index (Phi) is 8.38. The number of hydrogen-bond acceptors (Lipinski definition) is 8. The summed E-state index contributed by atoms with van der Waals surface area (Å²) in [5, 5.41) is 12.3. The largest absolute Gasteiger partial charge is 0.150 e. The van der Waals surface area contributed by atoms with Crippen molar-refractivity contribution in [2.75, 3.05) is 0 Å². The fourth-order valence-electron chi connectivity index (χ4n) is 2.78. The monoisotopic (exact) mass is 440 g/mol. The van der Waals surface area contributed by atoms with Gasteiger partial charge in [-0.25, -0.2) is 0 Å². The van der Waals surface area contributed by atoms with Crippen LogP contribution in [0.5, 0.6) is 0 Å². The normalized spacial score (nSPS) is 12.2. The highest BCUT2D eigenvalue weighted by atomic mass is 16.3. The highest BCUT2D eigenvalue weighted by Gasteiger charge is 2.26. The van der Waals surface area contributed by atoms with E-state index in [4.69, 9.17) is 0 Å². The molecular formula is C24H32N4O4. The van der Waals surface area contributed by atoms with Crippen molar-refractivity contribution in [2.24, 2.45) is 20.7 Å². The van der Waals surface area contributed by atoms with Crippen molar-refractivity contribution in [3.63, 3.8) is 0 Å². The van der Waals surface area contributed by atoms with Crippen LogP contribution in [0.3, 0.4) is 0 Å². The second-order valence-electron chi connectivity index (χ2n) is 9.76. The maximum Gasteiger partial charge on any atom is 0.122 e. The average Bonchev–Trinajstić information content (AvgIpc) is 2.79. The van der Waals surface area contributed by atoms with E-state index in [1.165, 1.54) is 0 Å². The molecular weight excluding hydrogens is 408 g/mol. The molecule has 2 aromatic carbocycles. The first-order valence-electron chi connectivity index (χ1n) is 10.3. The Bertz CT molecular complexity index is 890. The minimum Gasteiger partial charge on any atom is -0.150 e. The summed E-state index contributed by atoms with van der Waals surface area (Å²) >= 11 is 0. The van der Waals surface area contributed by atoms with Gasteiger partial charge >= 0.3 is 0 Å². The second-order valence-corrected chi connectivity index (χ2v) is 9.76. The van der Waals surface area contributed by atoms with Crippen LogP contribution in [0.15, 0.2) is 69.2 Å². The summed E-state index contributed by atoms with van der Waals surface area (Å²) in [6.45, 7) is 13.9. The Hall–Kier alpha value is -3.16. The smallest absolute Gasteiger partial charge is 0.122 e. The fraction of sp³-hybridized carbons (Fsp3) is 0.500. The predicted molar refractivity (Wildman–Crippen MR) is 128 cm³/mol. The van der Waals surface area contributed by atoms with Gasteiger partial charge in [0.25, 0.3) is 0 Å². The van der Waals surface area contributed by atoms with Crippen molar-refractivity contribution in [3.05, 3.63) is 90.4 Å². The van der Waals surface area contributed by atoms with Gasteiger partial charge in [0.15, 0.2) is 0 Å². The molecule has 0 aromatic heterocycles. The number of hydrogen-bond donors (Lipinski definition) is 0. The summed E-state index contributed by atoms with van der Waals surface area (Å²) in [6.07, 6.45) is 0. The van der Waals surface area contributed by atoms with Gasteiger partial charge in [0.1, 0.15) is 22.2 Å². The highest BCUT2D eigenvalue weighted by Crippen LogP contribution is 2.31. The van der Waals surface area contributed by atoms with Crippen molar-refractivity contribution in [3.8, 4) is 0 Å². The number of nitrogens with zero attached hydrogens (tertiary/aromatic N) is 4. The van der Waals surface area contributed by atoms with Crippen LogP contribution in [0.2, 0.25) is 0 Å². The minimum atomic E-state index is -0.783. The molecule has 0 unspecified atom stereocenters. The lowest BCUT2D eigenvalue weighted by Crippen LogP contribution is -2.17. The van der Waals surface area contributed by atoms with E-state index < -0.39 is 22.2 Å². The van der Waals surface area contributed by atoms with Gasteiger partial charge in [0.2, 0.25) is 0 Å². The first kappa shape index (κ1) is 26.9. The van der Waals surface area contributed by atoms with Gasteiger partial charge in [0.05, 0.1) is 0 Å². The van der Waals surface area contributed by atoms with E-state index >= 15 is 0 Å². The Morgan fingerprint density at radius 1 is 0.438 bits per heavy atom. The molecule has 2 rings (SSSR count). The number of benzene rings is 2. The van der Waals surface area contributed by atoms with Crippen molar-refractivity contribution < 1.29 is 0 Å². The van der Waals surface area contributed by atoms with E-state index in [1.807, 2.05) is 48.5 Å². The van der Waals surface area contributed by atoms with Crippen LogP contribution in [0.4, 0.5) is 0 Å². The maximum absolute atomic E-state index is 10.7. The van der Waals surface area contributed by atoms with Crippen molar-refractivity contribution >= 4 is 0 Å². The van der Waals surface area contributed by atoms with Gasteiger partial charge in [0, 0.05) is 0 Å². The van der Waals surface area contributed by atoms with E-state index in [0.29, 0.717) is 0 Å².